The molecule has 1 heteroatoms. The highest BCUT2D eigenvalue weighted by molar-refractivity contribution is 5.24. The zero-order valence-electron chi connectivity index (χ0n) is 9.88. The Kier molecular flexibility index (Phi) is 7.13. The van der Waals surface area contributed by atoms with Gasteiger partial charge < -0.3 is 5.32 Å². The second-order valence-corrected chi connectivity index (χ2v) is 3.74. The van der Waals surface area contributed by atoms with Crippen molar-refractivity contribution in [3.05, 3.63) is 36.5 Å². The van der Waals surface area contributed by atoms with Crippen LogP contribution in [0.2, 0.25) is 0 Å². The summed E-state index contributed by atoms with van der Waals surface area (Å²) in [6.45, 7) is 12.6. The second-order valence-electron chi connectivity index (χ2n) is 3.74. The SMILES string of the molecule is C=C(/C=C\C=C/C)C(CC)NC(C)C. The highest BCUT2D eigenvalue weighted by atomic mass is 14.9. The van der Waals surface area contributed by atoms with Crippen molar-refractivity contribution in [2.75, 3.05) is 0 Å². The summed E-state index contributed by atoms with van der Waals surface area (Å²) in [6, 6.07) is 0.906. The Balaban J connectivity index is 4.17. The van der Waals surface area contributed by atoms with Crippen molar-refractivity contribution in [2.24, 2.45) is 0 Å². The summed E-state index contributed by atoms with van der Waals surface area (Å²) in [5, 5.41) is 3.48. The van der Waals surface area contributed by atoms with E-state index in [0.717, 1.165) is 12.0 Å². The lowest BCUT2D eigenvalue weighted by atomic mass is 10.1. The normalized spacial score (nSPS) is 14.4. The summed E-state index contributed by atoms with van der Waals surface area (Å²) < 4.78 is 0. The van der Waals surface area contributed by atoms with E-state index >= 15 is 0 Å². The van der Waals surface area contributed by atoms with Crippen LogP contribution < -0.4 is 5.32 Å². The molecular weight excluding hydrogens is 170 g/mol. The Labute approximate surface area is 88.6 Å². The third kappa shape index (κ3) is 5.76. The molecule has 0 aliphatic rings. The zero-order valence-corrected chi connectivity index (χ0v) is 9.88. The first-order chi connectivity index (χ1) is 6.61. The van der Waals surface area contributed by atoms with Crippen LogP contribution in [0.1, 0.15) is 34.1 Å². The lowest BCUT2D eigenvalue weighted by Gasteiger charge is -2.20. The molecule has 0 aromatic rings. The van der Waals surface area contributed by atoms with Crippen LogP contribution in [0.4, 0.5) is 0 Å². The third-order valence-electron chi connectivity index (χ3n) is 2.00. The van der Waals surface area contributed by atoms with Gasteiger partial charge in [-0.2, -0.15) is 0 Å². The van der Waals surface area contributed by atoms with Gasteiger partial charge in [0.1, 0.15) is 0 Å². The molecule has 1 unspecified atom stereocenters. The Morgan fingerprint density at radius 3 is 2.43 bits per heavy atom. The molecule has 0 saturated heterocycles. The van der Waals surface area contributed by atoms with Gasteiger partial charge in [-0.3, -0.25) is 0 Å². The van der Waals surface area contributed by atoms with Crippen molar-refractivity contribution < 1.29 is 0 Å². The van der Waals surface area contributed by atoms with Gasteiger partial charge in [0.05, 0.1) is 0 Å². The number of rotatable bonds is 6. The maximum absolute atomic E-state index is 4.07. The average Bonchev–Trinajstić information content (AvgIpc) is 2.14. The number of nitrogens with one attached hydrogen (secondary N) is 1. The lowest BCUT2D eigenvalue weighted by molar-refractivity contribution is 0.502. The Hall–Kier alpha value is -0.820. The van der Waals surface area contributed by atoms with Crippen LogP contribution >= 0.6 is 0 Å². The van der Waals surface area contributed by atoms with Crippen molar-refractivity contribution >= 4 is 0 Å². The predicted molar refractivity (Wildman–Crippen MR) is 65.4 cm³/mol. The van der Waals surface area contributed by atoms with E-state index in [1.54, 1.807) is 0 Å². The van der Waals surface area contributed by atoms with Crippen LogP contribution in [0.15, 0.2) is 36.5 Å². The lowest BCUT2D eigenvalue weighted by Crippen LogP contribution is -2.35. The van der Waals surface area contributed by atoms with Crippen LogP contribution in [0, 0.1) is 0 Å². The van der Waals surface area contributed by atoms with Crippen LogP contribution in [0.25, 0.3) is 0 Å². The van der Waals surface area contributed by atoms with E-state index in [9.17, 15) is 0 Å². The fourth-order valence-corrected chi connectivity index (χ4v) is 1.30. The summed E-state index contributed by atoms with van der Waals surface area (Å²) in [5.41, 5.74) is 1.15. The van der Waals surface area contributed by atoms with E-state index < -0.39 is 0 Å². The van der Waals surface area contributed by atoms with Crippen LogP contribution in [-0.2, 0) is 0 Å². The molecule has 0 aromatic carbocycles. The van der Waals surface area contributed by atoms with E-state index in [0.29, 0.717) is 12.1 Å². The van der Waals surface area contributed by atoms with Gasteiger partial charge in [-0.1, -0.05) is 51.7 Å². The van der Waals surface area contributed by atoms with Gasteiger partial charge in [0.15, 0.2) is 0 Å². The van der Waals surface area contributed by atoms with Gasteiger partial charge in [-0.05, 0) is 18.9 Å². The van der Waals surface area contributed by atoms with Crippen molar-refractivity contribution in [1.82, 2.24) is 5.32 Å². The number of hydrogen-bond donors (Lipinski definition) is 1. The van der Waals surface area contributed by atoms with Gasteiger partial charge >= 0.3 is 0 Å². The third-order valence-corrected chi connectivity index (χ3v) is 2.00. The van der Waals surface area contributed by atoms with Crippen LogP contribution in [0.3, 0.4) is 0 Å². The predicted octanol–water partition coefficient (Wildman–Crippen LogP) is 3.45. The number of hydrogen-bond acceptors (Lipinski definition) is 1. The Bertz CT molecular complexity index is 211. The number of allylic oxidation sites excluding steroid dienone is 3. The summed E-state index contributed by atoms with van der Waals surface area (Å²) >= 11 is 0. The van der Waals surface area contributed by atoms with Gasteiger partial charge in [0.2, 0.25) is 0 Å². The monoisotopic (exact) mass is 193 g/mol. The molecule has 0 aliphatic carbocycles. The molecule has 0 heterocycles. The van der Waals surface area contributed by atoms with E-state index in [1.807, 2.05) is 25.2 Å². The van der Waals surface area contributed by atoms with E-state index in [1.165, 1.54) is 0 Å². The molecular formula is C13H23N. The van der Waals surface area contributed by atoms with Crippen molar-refractivity contribution in [3.8, 4) is 0 Å². The molecule has 0 rings (SSSR count). The minimum atomic E-state index is 0.400. The molecule has 1 atom stereocenters. The molecule has 80 valence electrons. The molecule has 0 saturated carbocycles. The van der Waals surface area contributed by atoms with Crippen molar-refractivity contribution in [1.29, 1.82) is 0 Å². The minimum Gasteiger partial charge on any atom is -0.308 e. The molecule has 1 nitrogen and oxygen atoms in total. The molecule has 0 amide bonds. The van der Waals surface area contributed by atoms with E-state index in [4.69, 9.17) is 0 Å². The molecule has 14 heavy (non-hydrogen) atoms. The van der Waals surface area contributed by atoms with E-state index in [2.05, 4.69) is 38.7 Å². The first-order valence-corrected chi connectivity index (χ1v) is 5.36. The molecule has 0 spiro atoms. The zero-order chi connectivity index (χ0) is 11.0. The fourth-order valence-electron chi connectivity index (χ4n) is 1.30. The van der Waals surface area contributed by atoms with Gasteiger partial charge in [-0.25, -0.2) is 0 Å². The summed E-state index contributed by atoms with van der Waals surface area (Å²) in [4.78, 5) is 0. The molecule has 0 radical (unpaired) electrons. The summed E-state index contributed by atoms with van der Waals surface area (Å²) in [5.74, 6) is 0. The molecule has 0 aromatic heterocycles. The highest BCUT2D eigenvalue weighted by Crippen LogP contribution is 2.06. The van der Waals surface area contributed by atoms with Crippen molar-refractivity contribution in [3.63, 3.8) is 0 Å². The summed E-state index contributed by atoms with van der Waals surface area (Å²) in [7, 11) is 0. The summed E-state index contributed by atoms with van der Waals surface area (Å²) in [6.07, 6.45) is 9.22. The average molecular weight is 193 g/mol. The van der Waals surface area contributed by atoms with Crippen LogP contribution in [-0.4, -0.2) is 12.1 Å². The quantitative estimate of drug-likeness (QED) is 0.637. The van der Waals surface area contributed by atoms with Gasteiger partial charge in [0.25, 0.3) is 0 Å². The Morgan fingerprint density at radius 1 is 1.36 bits per heavy atom. The largest absolute Gasteiger partial charge is 0.308 e. The highest BCUT2D eigenvalue weighted by Gasteiger charge is 2.08. The minimum absolute atomic E-state index is 0.400. The first kappa shape index (κ1) is 13.2. The Morgan fingerprint density at radius 2 is 2.00 bits per heavy atom. The van der Waals surface area contributed by atoms with Crippen LogP contribution in [0.5, 0.6) is 0 Å². The maximum Gasteiger partial charge on any atom is 0.0313 e. The topological polar surface area (TPSA) is 12.0 Å². The maximum atomic E-state index is 4.07. The standard InChI is InChI=1S/C13H23N/c1-6-8-9-10-12(5)13(7-2)14-11(3)4/h6,8-11,13-14H,5,7H2,1-4H3/b8-6-,10-9-. The van der Waals surface area contributed by atoms with E-state index in [-0.39, 0.29) is 0 Å². The van der Waals surface area contributed by atoms with Gasteiger partial charge in [-0.15, -0.1) is 0 Å². The molecule has 0 aliphatic heterocycles. The van der Waals surface area contributed by atoms with Gasteiger partial charge in [0, 0.05) is 12.1 Å². The molecule has 0 bridgehead atoms. The first-order valence-electron chi connectivity index (χ1n) is 5.36. The van der Waals surface area contributed by atoms with Crippen molar-refractivity contribution in [2.45, 2.75) is 46.2 Å². The molecule has 1 N–H and O–H groups in total. The fraction of sp³-hybridized carbons (Fsp3) is 0.538. The smallest absolute Gasteiger partial charge is 0.0313 e. The molecule has 0 fully saturated rings. The second kappa shape index (κ2) is 7.57.